The van der Waals surface area contributed by atoms with Gasteiger partial charge in [-0.05, 0) is 52.6 Å². The number of hydrogen-bond donors (Lipinski definition) is 2. The van der Waals surface area contributed by atoms with Crippen molar-refractivity contribution in [2.75, 3.05) is 33.4 Å². The molecule has 0 amide bonds. The van der Waals surface area contributed by atoms with Crippen molar-refractivity contribution in [3.8, 4) is 0 Å². The highest BCUT2D eigenvalue weighted by Gasteiger charge is 2.31. The predicted octanol–water partition coefficient (Wildman–Crippen LogP) is 1.63. The lowest BCUT2D eigenvalue weighted by molar-refractivity contribution is 0.0962. The molecular weight excluding hydrogens is 240 g/mol. The highest BCUT2D eigenvalue weighted by atomic mass is 16.5. The van der Waals surface area contributed by atoms with Crippen molar-refractivity contribution in [3.05, 3.63) is 0 Å². The number of aliphatic hydroxyl groups excluding tert-OH is 1. The van der Waals surface area contributed by atoms with Gasteiger partial charge in [-0.15, -0.1) is 0 Å². The fourth-order valence-corrected chi connectivity index (χ4v) is 2.63. The Labute approximate surface area is 118 Å². The van der Waals surface area contributed by atoms with Crippen LogP contribution in [-0.2, 0) is 4.74 Å². The summed E-state index contributed by atoms with van der Waals surface area (Å²) >= 11 is 0. The summed E-state index contributed by atoms with van der Waals surface area (Å²) in [5, 5.41) is 13.2. The number of likely N-dealkylation sites (N-methyl/N-ethyl adjacent to an activating group) is 1. The van der Waals surface area contributed by atoms with E-state index in [4.69, 9.17) is 4.74 Å². The van der Waals surface area contributed by atoms with E-state index in [1.807, 2.05) is 0 Å². The monoisotopic (exact) mass is 272 g/mol. The molecule has 0 heterocycles. The summed E-state index contributed by atoms with van der Waals surface area (Å²) in [6, 6.07) is 1.11. The van der Waals surface area contributed by atoms with Crippen molar-refractivity contribution in [2.45, 2.75) is 64.1 Å². The van der Waals surface area contributed by atoms with Crippen molar-refractivity contribution in [2.24, 2.45) is 0 Å². The third-order valence-corrected chi connectivity index (χ3v) is 4.09. The molecule has 2 atom stereocenters. The van der Waals surface area contributed by atoms with E-state index in [1.54, 1.807) is 7.11 Å². The summed E-state index contributed by atoms with van der Waals surface area (Å²) in [4.78, 5) is 2.44. The maximum Gasteiger partial charge on any atom is 0.0615 e. The number of ether oxygens (including phenoxy) is 1. The van der Waals surface area contributed by atoms with E-state index in [1.165, 1.54) is 12.8 Å². The largest absolute Gasteiger partial charge is 0.394 e. The van der Waals surface area contributed by atoms with E-state index in [9.17, 15) is 5.11 Å². The van der Waals surface area contributed by atoms with Gasteiger partial charge in [-0.25, -0.2) is 0 Å². The predicted molar refractivity (Wildman–Crippen MR) is 79.5 cm³/mol. The molecule has 1 aliphatic rings. The summed E-state index contributed by atoms with van der Waals surface area (Å²) in [6.45, 7) is 9.68. The summed E-state index contributed by atoms with van der Waals surface area (Å²) < 4.78 is 5.22. The fraction of sp³-hybridized carbons (Fsp3) is 1.00. The van der Waals surface area contributed by atoms with Crippen LogP contribution in [0.2, 0.25) is 0 Å². The molecule has 2 unspecified atom stereocenters. The topological polar surface area (TPSA) is 44.7 Å². The van der Waals surface area contributed by atoms with Crippen molar-refractivity contribution < 1.29 is 9.84 Å². The number of nitrogens with one attached hydrogen (secondary N) is 1. The Morgan fingerprint density at radius 1 is 1.47 bits per heavy atom. The Balaban J connectivity index is 2.28. The Hall–Kier alpha value is -0.160. The third kappa shape index (κ3) is 6.21. The molecule has 0 radical (unpaired) electrons. The average molecular weight is 272 g/mol. The molecule has 1 fully saturated rings. The first-order valence-corrected chi connectivity index (χ1v) is 7.66. The summed E-state index contributed by atoms with van der Waals surface area (Å²) in [5.74, 6) is 0. The highest BCUT2D eigenvalue weighted by molar-refractivity contribution is 4.92. The number of aliphatic hydroxyl groups is 1. The first kappa shape index (κ1) is 16.9. The van der Waals surface area contributed by atoms with Gasteiger partial charge in [0.25, 0.3) is 0 Å². The van der Waals surface area contributed by atoms with Gasteiger partial charge in [-0.1, -0.05) is 6.92 Å². The first-order chi connectivity index (χ1) is 9.04. The maximum atomic E-state index is 9.58. The molecule has 0 aliphatic heterocycles. The van der Waals surface area contributed by atoms with Crippen LogP contribution in [0.5, 0.6) is 0 Å². The number of methoxy groups -OCH3 is 1. The van der Waals surface area contributed by atoms with Gasteiger partial charge in [0.15, 0.2) is 0 Å². The fourth-order valence-electron chi connectivity index (χ4n) is 2.63. The molecule has 114 valence electrons. The Morgan fingerprint density at radius 3 is 2.63 bits per heavy atom. The lowest BCUT2D eigenvalue weighted by Crippen LogP contribution is -2.47. The molecule has 0 aromatic rings. The van der Waals surface area contributed by atoms with Crippen LogP contribution in [0.3, 0.4) is 0 Å². The zero-order valence-electron chi connectivity index (χ0n) is 13.1. The van der Waals surface area contributed by atoms with Gasteiger partial charge >= 0.3 is 0 Å². The van der Waals surface area contributed by atoms with Crippen LogP contribution in [0.25, 0.3) is 0 Å². The molecule has 0 bridgehead atoms. The SMILES string of the molecule is CCN(CCCC(C)(CO)NC1CC1)C(C)COC. The summed E-state index contributed by atoms with van der Waals surface area (Å²) in [5.41, 5.74) is -0.106. The number of nitrogens with zero attached hydrogens (tertiary/aromatic N) is 1. The molecule has 19 heavy (non-hydrogen) atoms. The minimum atomic E-state index is -0.106. The van der Waals surface area contributed by atoms with Crippen LogP contribution >= 0.6 is 0 Å². The van der Waals surface area contributed by atoms with E-state index in [0.717, 1.165) is 32.5 Å². The molecule has 1 aliphatic carbocycles. The smallest absolute Gasteiger partial charge is 0.0615 e. The minimum Gasteiger partial charge on any atom is -0.394 e. The van der Waals surface area contributed by atoms with Gasteiger partial charge in [0, 0.05) is 24.7 Å². The van der Waals surface area contributed by atoms with E-state index < -0.39 is 0 Å². The number of rotatable bonds is 11. The molecule has 0 saturated heterocycles. The zero-order chi connectivity index (χ0) is 14.3. The Morgan fingerprint density at radius 2 is 2.16 bits per heavy atom. The molecule has 2 N–H and O–H groups in total. The molecule has 4 heteroatoms. The van der Waals surface area contributed by atoms with Gasteiger partial charge in [0.2, 0.25) is 0 Å². The lowest BCUT2D eigenvalue weighted by Gasteiger charge is -2.32. The Kier molecular flexibility index (Phi) is 7.29. The Bertz CT molecular complexity index is 246. The van der Waals surface area contributed by atoms with Crippen molar-refractivity contribution in [3.63, 3.8) is 0 Å². The van der Waals surface area contributed by atoms with Crippen LogP contribution < -0.4 is 5.32 Å². The van der Waals surface area contributed by atoms with Gasteiger partial charge in [-0.3, -0.25) is 4.90 Å². The van der Waals surface area contributed by atoms with Crippen LogP contribution in [0.4, 0.5) is 0 Å². The lowest BCUT2D eigenvalue weighted by atomic mass is 9.96. The quantitative estimate of drug-likeness (QED) is 0.600. The van der Waals surface area contributed by atoms with Crippen molar-refractivity contribution in [1.82, 2.24) is 10.2 Å². The van der Waals surface area contributed by atoms with Gasteiger partial charge < -0.3 is 15.2 Å². The van der Waals surface area contributed by atoms with E-state index in [-0.39, 0.29) is 12.1 Å². The molecule has 1 saturated carbocycles. The number of hydrogen-bond acceptors (Lipinski definition) is 4. The van der Waals surface area contributed by atoms with Crippen molar-refractivity contribution >= 4 is 0 Å². The second-order valence-electron chi connectivity index (χ2n) is 6.17. The molecule has 1 rings (SSSR count). The molecule has 0 aromatic heterocycles. The normalized spacial score (nSPS) is 20.5. The van der Waals surface area contributed by atoms with Gasteiger partial charge in [0.05, 0.1) is 13.2 Å². The van der Waals surface area contributed by atoms with Crippen LogP contribution in [0, 0.1) is 0 Å². The molecular formula is C15H32N2O2. The molecule has 0 spiro atoms. The van der Waals surface area contributed by atoms with E-state index >= 15 is 0 Å². The standard InChI is InChI=1S/C15H32N2O2/c1-5-17(13(2)11-19-4)10-6-9-15(3,12-18)16-14-7-8-14/h13-14,16,18H,5-12H2,1-4H3. The van der Waals surface area contributed by atoms with Gasteiger partial charge in [0.1, 0.15) is 0 Å². The van der Waals surface area contributed by atoms with Crippen molar-refractivity contribution in [1.29, 1.82) is 0 Å². The van der Waals surface area contributed by atoms with Crippen LogP contribution in [0.1, 0.15) is 46.5 Å². The van der Waals surface area contributed by atoms with Gasteiger partial charge in [-0.2, -0.15) is 0 Å². The zero-order valence-corrected chi connectivity index (χ0v) is 13.1. The van der Waals surface area contributed by atoms with E-state index in [0.29, 0.717) is 12.1 Å². The summed E-state index contributed by atoms with van der Waals surface area (Å²) in [7, 11) is 1.76. The first-order valence-electron chi connectivity index (χ1n) is 7.66. The minimum absolute atomic E-state index is 0.106. The van der Waals surface area contributed by atoms with E-state index in [2.05, 4.69) is 31.0 Å². The highest BCUT2D eigenvalue weighted by Crippen LogP contribution is 2.24. The second-order valence-corrected chi connectivity index (χ2v) is 6.17. The molecule has 0 aromatic carbocycles. The molecule has 4 nitrogen and oxygen atoms in total. The summed E-state index contributed by atoms with van der Waals surface area (Å²) in [6.07, 6.45) is 4.66. The maximum absolute atomic E-state index is 9.58. The van der Waals surface area contributed by atoms with Crippen LogP contribution in [0.15, 0.2) is 0 Å². The second kappa shape index (κ2) is 8.20. The third-order valence-electron chi connectivity index (χ3n) is 4.09. The average Bonchev–Trinajstić information content (AvgIpc) is 3.18. The van der Waals surface area contributed by atoms with Crippen LogP contribution in [-0.4, -0.2) is 61.0 Å².